The third kappa shape index (κ3) is 5.46. The molecule has 0 bridgehead atoms. The summed E-state index contributed by atoms with van der Waals surface area (Å²) in [5, 5.41) is 6.22. The molecule has 1 N–H and O–H groups in total. The van der Waals surface area contributed by atoms with E-state index in [9.17, 15) is 14.4 Å². The molecule has 4 amide bonds. The van der Waals surface area contributed by atoms with Gasteiger partial charge in [-0.1, -0.05) is 56.3 Å². The van der Waals surface area contributed by atoms with Gasteiger partial charge in [-0.3, -0.25) is 9.59 Å². The van der Waals surface area contributed by atoms with Gasteiger partial charge in [0.15, 0.2) is 0 Å². The summed E-state index contributed by atoms with van der Waals surface area (Å²) in [6, 6.07) is 16.3. The number of amides is 4. The lowest BCUT2D eigenvalue weighted by Gasteiger charge is -2.54. The van der Waals surface area contributed by atoms with Crippen LogP contribution in [0.4, 0.5) is 4.79 Å². The highest BCUT2D eigenvalue weighted by molar-refractivity contribution is 5.91. The summed E-state index contributed by atoms with van der Waals surface area (Å²) in [5.74, 6) is 0.720. The van der Waals surface area contributed by atoms with Crippen molar-refractivity contribution in [1.82, 2.24) is 25.1 Å². The van der Waals surface area contributed by atoms with Crippen molar-refractivity contribution in [3.05, 3.63) is 65.7 Å². The minimum absolute atomic E-state index is 0.0373. The Morgan fingerprint density at radius 2 is 1.75 bits per heavy atom. The summed E-state index contributed by atoms with van der Waals surface area (Å²) >= 11 is 0. The van der Waals surface area contributed by atoms with Crippen molar-refractivity contribution in [1.29, 1.82) is 0 Å². The summed E-state index contributed by atoms with van der Waals surface area (Å²) in [6.45, 7) is 5.10. The molecular weight excluding hydrogens is 458 g/mol. The van der Waals surface area contributed by atoms with Crippen LogP contribution in [-0.2, 0) is 22.7 Å². The highest BCUT2D eigenvalue weighted by Crippen LogP contribution is 2.30. The first-order chi connectivity index (χ1) is 17.3. The normalized spacial score (nSPS) is 20.5. The molecule has 2 atom stereocenters. The molecule has 2 fully saturated rings. The first-order valence-corrected chi connectivity index (χ1v) is 12.3. The van der Waals surface area contributed by atoms with E-state index in [-0.39, 0.29) is 36.9 Å². The largest absolute Gasteiger partial charge is 0.497 e. The maximum Gasteiger partial charge on any atom is 0.334 e. The predicted molar refractivity (Wildman–Crippen MR) is 135 cm³/mol. The molecule has 0 aromatic heterocycles. The van der Waals surface area contributed by atoms with E-state index in [0.717, 1.165) is 16.9 Å². The van der Waals surface area contributed by atoms with Crippen molar-refractivity contribution < 1.29 is 19.1 Å². The zero-order valence-corrected chi connectivity index (χ0v) is 21.4. The number of benzene rings is 2. The molecule has 4 rings (SSSR count). The van der Waals surface area contributed by atoms with Crippen molar-refractivity contribution in [3.8, 4) is 5.75 Å². The Balaban J connectivity index is 1.60. The molecule has 0 saturated carbocycles. The number of nitrogens with zero attached hydrogens (tertiary/aromatic N) is 4. The fraction of sp³-hybridized carbons (Fsp3) is 0.444. The first-order valence-electron chi connectivity index (χ1n) is 12.3. The Kier molecular flexibility index (Phi) is 7.79. The maximum absolute atomic E-state index is 13.6. The Labute approximate surface area is 212 Å². The number of carbonyl (C=O) groups excluding carboxylic acids is 3. The van der Waals surface area contributed by atoms with Crippen LogP contribution in [0.3, 0.4) is 0 Å². The quantitative estimate of drug-likeness (QED) is 0.641. The van der Waals surface area contributed by atoms with Gasteiger partial charge in [0.1, 0.15) is 18.0 Å². The molecule has 1 unspecified atom stereocenters. The van der Waals surface area contributed by atoms with Gasteiger partial charge in [0.2, 0.25) is 11.8 Å². The fourth-order valence-electron chi connectivity index (χ4n) is 4.93. The van der Waals surface area contributed by atoms with Crippen LogP contribution in [0.15, 0.2) is 54.6 Å². The van der Waals surface area contributed by atoms with Crippen molar-refractivity contribution in [2.24, 2.45) is 5.92 Å². The van der Waals surface area contributed by atoms with Crippen LogP contribution in [-0.4, -0.2) is 77.1 Å². The van der Waals surface area contributed by atoms with Gasteiger partial charge in [0, 0.05) is 20.1 Å². The molecule has 0 spiro atoms. The number of methoxy groups -OCH3 is 1. The van der Waals surface area contributed by atoms with Gasteiger partial charge in [0.25, 0.3) is 0 Å². The van der Waals surface area contributed by atoms with Gasteiger partial charge in [-0.2, -0.15) is 0 Å². The summed E-state index contributed by atoms with van der Waals surface area (Å²) in [6.07, 6.45) is -0.0599. The van der Waals surface area contributed by atoms with Crippen LogP contribution < -0.4 is 10.1 Å². The third-order valence-corrected chi connectivity index (χ3v) is 6.66. The molecule has 9 heteroatoms. The minimum Gasteiger partial charge on any atom is -0.497 e. The number of urea groups is 1. The van der Waals surface area contributed by atoms with Crippen molar-refractivity contribution in [2.45, 2.75) is 45.6 Å². The number of likely N-dealkylation sites (N-methyl/N-ethyl adjacent to an activating group) is 1. The van der Waals surface area contributed by atoms with Gasteiger partial charge in [-0.15, -0.1) is 0 Å². The summed E-state index contributed by atoms with van der Waals surface area (Å²) in [4.78, 5) is 43.6. The van der Waals surface area contributed by atoms with E-state index >= 15 is 0 Å². The summed E-state index contributed by atoms with van der Waals surface area (Å²) < 4.78 is 5.25. The number of rotatable bonds is 7. The maximum atomic E-state index is 13.6. The van der Waals surface area contributed by atoms with Gasteiger partial charge >= 0.3 is 6.03 Å². The molecule has 2 aromatic rings. The molecule has 2 aliphatic rings. The lowest BCUT2D eigenvalue weighted by molar-refractivity contribution is -0.188. The van der Waals surface area contributed by atoms with Crippen LogP contribution in [0.5, 0.6) is 5.75 Å². The number of fused-ring (bicyclic) bond motifs is 1. The fourth-order valence-corrected chi connectivity index (χ4v) is 4.93. The zero-order chi connectivity index (χ0) is 25.8. The van der Waals surface area contributed by atoms with Crippen molar-refractivity contribution in [2.75, 3.05) is 27.2 Å². The minimum atomic E-state index is -0.618. The molecule has 2 aliphatic heterocycles. The Bertz CT molecular complexity index is 1080. The van der Waals surface area contributed by atoms with Crippen LogP contribution in [0.1, 0.15) is 31.4 Å². The van der Waals surface area contributed by atoms with Gasteiger partial charge in [-0.05, 0) is 35.6 Å². The molecule has 192 valence electrons. The average Bonchev–Trinajstić information content (AvgIpc) is 2.86. The van der Waals surface area contributed by atoms with E-state index in [2.05, 4.69) is 5.32 Å². The van der Waals surface area contributed by atoms with E-state index in [1.54, 1.807) is 34.0 Å². The summed E-state index contributed by atoms with van der Waals surface area (Å²) in [7, 11) is 3.35. The van der Waals surface area contributed by atoms with Crippen molar-refractivity contribution in [3.63, 3.8) is 0 Å². The molecule has 9 nitrogen and oxygen atoms in total. The zero-order valence-electron chi connectivity index (χ0n) is 21.4. The Morgan fingerprint density at radius 1 is 1.06 bits per heavy atom. The number of hydrogen-bond acceptors (Lipinski definition) is 5. The number of ether oxygens (including phenoxy) is 1. The first kappa shape index (κ1) is 25.5. The number of piperazine rings is 1. The number of carbonyl (C=O) groups is 3. The molecule has 36 heavy (non-hydrogen) atoms. The van der Waals surface area contributed by atoms with Gasteiger partial charge in [0.05, 0.1) is 20.2 Å². The molecule has 2 heterocycles. The molecule has 2 aromatic carbocycles. The van der Waals surface area contributed by atoms with Crippen LogP contribution in [0, 0.1) is 5.92 Å². The van der Waals surface area contributed by atoms with E-state index in [4.69, 9.17) is 4.74 Å². The van der Waals surface area contributed by atoms with E-state index in [0.29, 0.717) is 19.5 Å². The lowest BCUT2D eigenvalue weighted by Crippen LogP contribution is -2.75. The predicted octanol–water partition coefficient (Wildman–Crippen LogP) is 2.68. The molecule has 0 aliphatic carbocycles. The van der Waals surface area contributed by atoms with E-state index < -0.39 is 12.2 Å². The number of nitrogens with one attached hydrogen (secondary N) is 1. The van der Waals surface area contributed by atoms with Crippen LogP contribution in [0.25, 0.3) is 0 Å². The highest BCUT2D eigenvalue weighted by atomic mass is 16.5. The van der Waals surface area contributed by atoms with Crippen LogP contribution in [0.2, 0.25) is 0 Å². The van der Waals surface area contributed by atoms with E-state index in [1.807, 2.05) is 68.4 Å². The molecule has 2 saturated heterocycles. The second kappa shape index (κ2) is 11.0. The number of hydrogen-bond donors (Lipinski definition) is 1. The standard InChI is InChI=1S/C27H35N5O4/c1-19(2)14-23-26(34)30(16-21-10-12-22(36-4)13-11-21)17-24-31(23)25(33)18-29(3)32(24)27(35)28-15-20-8-6-5-7-9-20/h5-13,19,23-24H,14-18H2,1-4H3,(H,28,35)/t23-,24?/m0/s1. The highest BCUT2D eigenvalue weighted by Gasteiger charge is 2.50. The Hall–Kier alpha value is -3.59. The van der Waals surface area contributed by atoms with E-state index in [1.165, 1.54) is 0 Å². The smallest absolute Gasteiger partial charge is 0.334 e. The van der Waals surface area contributed by atoms with Crippen LogP contribution >= 0.6 is 0 Å². The second-order valence-electron chi connectivity index (χ2n) is 9.80. The second-order valence-corrected chi connectivity index (χ2v) is 9.80. The van der Waals surface area contributed by atoms with Gasteiger partial charge in [-0.25, -0.2) is 14.8 Å². The lowest BCUT2D eigenvalue weighted by atomic mass is 9.96. The summed E-state index contributed by atoms with van der Waals surface area (Å²) in [5.41, 5.74) is 1.94. The topological polar surface area (TPSA) is 85.4 Å². The average molecular weight is 494 g/mol. The van der Waals surface area contributed by atoms with Crippen molar-refractivity contribution >= 4 is 17.8 Å². The molecular formula is C27H35N5O4. The monoisotopic (exact) mass is 493 g/mol. The Morgan fingerprint density at radius 3 is 2.39 bits per heavy atom. The third-order valence-electron chi connectivity index (χ3n) is 6.66. The number of hydrazine groups is 1. The van der Waals surface area contributed by atoms with Gasteiger partial charge < -0.3 is 19.9 Å². The molecule has 0 radical (unpaired) electrons. The SMILES string of the molecule is COc1ccc(CN2CC3N(C(=O)CN(C)N3C(=O)NCc3ccccc3)[C@@H](CC(C)C)C2=O)cc1.